The van der Waals surface area contributed by atoms with E-state index in [1.54, 1.807) is 0 Å². The van der Waals surface area contributed by atoms with Gasteiger partial charge in [0.15, 0.2) is 0 Å². The number of rotatable bonds is 8. The molecule has 0 N–H and O–H groups in total. The Balaban J connectivity index is 3.60. The molecule has 0 aliphatic carbocycles. The first kappa shape index (κ1) is 14.2. The maximum Gasteiger partial charge on any atom is 0.0729 e. The lowest BCUT2D eigenvalue weighted by atomic mass is 10.3. The molecule has 0 aliphatic rings. The molecule has 0 saturated heterocycles. The molecule has 0 aromatic rings. The average molecular weight is 211 g/mol. The lowest BCUT2D eigenvalue weighted by Gasteiger charge is -2.10. The Labute approximate surface area is 92.7 Å². The van der Waals surface area contributed by atoms with Crippen LogP contribution in [0.3, 0.4) is 0 Å². The molecule has 3 heteroatoms. The fraction of sp³-hybridized carbons (Fsp3) is 0.750. The van der Waals surface area contributed by atoms with E-state index in [4.69, 9.17) is 14.7 Å². The minimum Gasteiger partial charge on any atom is -0.374 e. The fourth-order valence-corrected chi connectivity index (χ4v) is 1.02. The van der Waals surface area contributed by atoms with Crippen molar-refractivity contribution in [2.75, 3.05) is 13.2 Å². The maximum atomic E-state index is 8.33. The molecule has 2 atom stereocenters. The lowest BCUT2D eigenvalue weighted by molar-refractivity contribution is 0.0892. The van der Waals surface area contributed by atoms with Gasteiger partial charge in [-0.25, -0.2) is 0 Å². The zero-order chi connectivity index (χ0) is 11.5. The third kappa shape index (κ3) is 9.45. The molecule has 0 saturated carbocycles. The van der Waals surface area contributed by atoms with E-state index in [2.05, 4.69) is 6.92 Å². The second kappa shape index (κ2) is 9.70. The number of nitriles is 1. The van der Waals surface area contributed by atoms with Crippen molar-refractivity contribution in [3.8, 4) is 6.07 Å². The Morgan fingerprint density at radius 2 is 1.67 bits per heavy atom. The van der Waals surface area contributed by atoms with Crippen LogP contribution >= 0.6 is 0 Å². The van der Waals surface area contributed by atoms with Gasteiger partial charge >= 0.3 is 0 Å². The summed E-state index contributed by atoms with van der Waals surface area (Å²) < 4.78 is 10.8. The average Bonchev–Trinajstić information content (AvgIpc) is 2.24. The molecule has 15 heavy (non-hydrogen) atoms. The molecule has 0 heterocycles. The number of ether oxygens (including phenoxy) is 2. The minimum absolute atomic E-state index is 0.0472. The molecule has 3 nitrogen and oxygen atoms in total. The largest absolute Gasteiger partial charge is 0.374 e. The molecule has 0 aromatic heterocycles. The van der Waals surface area contributed by atoms with E-state index in [0.717, 1.165) is 13.0 Å². The number of hydrogen-bond acceptors (Lipinski definition) is 3. The second-order valence-corrected chi connectivity index (χ2v) is 3.44. The highest BCUT2D eigenvalue weighted by Gasteiger charge is 1.99. The van der Waals surface area contributed by atoms with E-state index in [1.165, 1.54) is 0 Å². The quantitative estimate of drug-likeness (QED) is 0.458. The van der Waals surface area contributed by atoms with E-state index >= 15 is 0 Å². The summed E-state index contributed by atoms with van der Waals surface area (Å²) in [7, 11) is 0. The van der Waals surface area contributed by atoms with Crippen LogP contribution in [0, 0.1) is 11.3 Å². The highest BCUT2D eigenvalue weighted by Crippen LogP contribution is 1.99. The van der Waals surface area contributed by atoms with Crippen LogP contribution in [0.1, 0.15) is 33.6 Å². The lowest BCUT2D eigenvalue weighted by Crippen LogP contribution is -2.09. The Morgan fingerprint density at radius 1 is 1.13 bits per heavy atom. The van der Waals surface area contributed by atoms with Crippen LogP contribution in [0.2, 0.25) is 0 Å². The maximum absolute atomic E-state index is 8.33. The van der Waals surface area contributed by atoms with E-state index in [1.807, 2.05) is 32.1 Å². The van der Waals surface area contributed by atoms with Crippen LogP contribution in [0.4, 0.5) is 0 Å². The summed E-state index contributed by atoms with van der Waals surface area (Å²) in [5.41, 5.74) is 0. The minimum atomic E-state index is 0.0472. The molecular formula is C12H21NO2. The molecule has 86 valence electrons. The van der Waals surface area contributed by atoms with Crippen molar-refractivity contribution >= 4 is 0 Å². The SMILES string of the molecule is CCCOC(C)/C=C\C(C)OCCC#N. The zero-order valence-corrected chi connectivity index (χ0v) is 9.90. The summed E-state index contributed by atoms with van der Waals surface area (Å²) in [6, 6.07) is 2.04. The first-order chi connectivity index (χ1) is 7.20. The van der Waals surface area contributed by atoms with Gasteiger partial charge in [-0.3, -0.25) is 0 Å². The van der Waals surface area contributed by atoms with E-state index in [-0.39, 0.29) is 12.2 Å². The molecular weight excluding hydrogens is 190 g/mol. The van der Waals surface area contributed by atoms with Gasteiger partial charge in [0.1, 0.15) is 0 Å². The molecule has 0 aliphatic heterocycles. The van der Waals surface area contributed by atoms with E-state index in [9.17, 15) is 0 Å². The van der Waals surface area contributed by atoms with Crippen molar-refractivity contribution in [3.05, 3.63) is 12.2 Å². The van der Waals surface area contributed by atoms with Gasteiger partial charge in [0.2, 0.25) is 0 Å². The molecule has 0 aromatic carbocycles. The molecule has 0 fully saturated rings. The van der Waals surface area contributed by atoms with Crippen molar-refractivity contribution in [1.82, 2.24) is 0 Å². The van der Waals surface area contributed by atoms with Crippen LogP contribution in [0.5, 0.6) is 0 Å². The topological polar surface area (TPSA) is 42.2 Å². The highest BCUT2D eigenvalue weighted by molar-refractivity contribution is 4.92. The summed E-state index contributed by atoms with van der Waals surface area (Å²) >= 11 is 0. The smallest absolute Gasteiger partial charge is 0.0729 e. The number of hydrogen-bond donors (Lipinski definition) is 0. The summed E-state index contributed by atoms with van der Waals surface area (Å²) in [6.45, 7) is 7.33. The van der Waals surface area contributed by atoms with Gasteiger partial charge < -0.3 is 9.47 Å². The van der Waals surface area contributed by atoms with Crippen LogP contribution in [0.15, 0.2) is 12.2 Å². The Bertz CT molecular complexity index is 208. The van der Waals surface area contributed by atoms with Crippen molar-refractivity contribution in [1.29, 1.82) is 5.26 Å². The van der Waals surface area contributed by atoms with Crippen molar-refractivity contribution in [3.63, 3.8) is 0 Å². The fourth-order valence-electron chi connectivity index (χ4n) is 1.02. The van der Waals surface area contributed by atoms with Gasteiger partial charge in [0.05, 0.1) is 31.3 Å². The van der Waals surface area contributed by atoms with Crippen molar-refractivity contribution < 1.29 is 9.47 Å². The van der Waals surface area contributed by atoms with Gasteiger partial charge in [-0.2, -0.15) is 5.26 Å². The molecule has 2 unspecified atom stereocenters. The van der Waals surface area contributed by atoms with Crippen molar-refractivity contribution in [2.24, 2.45) is 0 Å². The second-order valence-electron chi connectivity index (χ2n) is 3.44. The molecule has 0 radical (unpaired) electrons. The molecule has 0 bridgehead atoms. The van der Waals surface area contributed by atoms with E-state index in [0.29, 0.717) is 13.0 Å². The zero-order valence-electron chi connectivity index (χ0n) is 9.90. The Morgan fingerprint density at radius 3 is 2.13 bits per heavy atom. The first-order valence-electron chi connectivity index (χ1n) is 5.49. The molecule has 0 spiro atoms. The third-order valence-electron chi connectivity index (χ3n) is 1.83. The van der Waals surface area contributed by atoms with Crippen LogP contribution in [0.25, 0.3) is 0 Å². The summed E-state index contributed by atoms with van der Waals surface area (Å²) in [5, 5.41) is 8.33. The standard InChI is InChI=1S/C12H21NO2/c1-4-9-14-11(2)6-7-12(3)15-10-5-8-13/h6-7,11-12H,4-5,9-10H2,1-3H3/b7-6-. The Kier molecular flexibility index (Phi) is 9.15. The summed E-state index contributed by atoms with van der Waals surface area (Å²) in [5.74, 6) is 0. The van der Waals surface area contributed by atoms with Gasteiger partial charge in [-0.05, 0) is 20.3 Å². The third-order valence-corrected chi connectivity index (χ3v) is 1.83. The van der Waals surface area contributed by atoms with Gasteiger partial charge in [0.25, 0.3) is 0 Å². The van der Waals surface area contributed by atoms with Crippen LogP contribution in [-0.4, -0.2) is 25.4 Å². The van der Waals surface area contributed by atoms with Crippen molar-refractivity contribution in [2.45, 2.75) is 45.8 Å². The van der Waals surface area contributed by atoms with Gasteiger partial charge in [0, 0.05) is 6.61 Å². The summed E-state index contributed by atoms with van der Waals surface area (Å²) in [6.07, 6.45) is 5.62. The predicted molar refractivity (Wildman–Crippen MR) is 60.5 cm³/mol. The molecule has 0 amide bonds. The van der Waals surface area contributed by atoms with E-state index < -0.39 is 0 Å². The highest BCUT2D eigenvalue weighted by atomic mass is 16.5. The number of nitrogens with zero attached hydrogens (tertiary/aromatic N) is 1. The van der Waals surface area contributed by atoms with Gasteiger partial charge in [-0.15, -0.1) is 0 Å². The normalized spacial score (nSPS) is 15.1. The monoisotopic (exact) mass is 211 g/mol. The summed E-state index contributed by atoms with van der Waals surface area (Å²) in [4.78, 5) is 0. The predicted octanol–water partition coefficient (Wildman–Crippen LogP) is 2.68. The van der Waals surface area contributed by atoms with Gasteiger partial charge in [-0.1, -0.05) is 19.1 Å². The first-order valence-corrected chi connectivity index (χ1v) is 5.49. The van der Waals surface area contributed by atoms with Crippen LogP contribution < -0.4 is 0 Å². The Hall–Kier alpha value is -0.850. The van der Waals surface area contributed by atoms with Crippen LogP contribution in [-0.2, 0) is 9.47 Å². The molecule has 0 rings (SSSR count).